The fourth-order valence-electron chi connectivity index (χ4n) is 3.18. The molecule has 1 heterocycles. The molecule has 1 aliphatic rings. The third-order valence-electron chi connectivity index (χ3n) is 4.41. The predicted octanol–water partition coefficient (Wildman–Crippen LogP) is 3.13. The van der Waals surface area contributed by atoms with Gasteiger partial charge in [-0.3, -0.25) is 0 Å². The van der Waals surface area contributed by atoms with E-state index in [1.165, 1.54) is 17.0 Å². The van der Waals surface area contributed by atoms with E-state index in [0.717, 1.165) is 30.6 Å². The quantitative estimate of drug-likeness (QED) is 0.928. The number of likely N-dealkylation sites (tertiary alicyclic amines) is 1. The highest BCUT2D eigenvalue weighted by atomic mass is 19.1. The van der Waals surface area contributed by atoms with Crippen LogP contribution in [0.1, 0.15) is 30.5 Å². The fraction of sp³-hybridized carbons (Fsp3) is 0.562. The molecule has 1 aromatic rings. The van der Waals surface area contributed by atoms with Crippen LogP contribution in [-0.4, -0.2) is 47.7 Å². The highest BCUT2D eigenvalue weighted by Gasteiger charge is 2.39. The average molecular weight is 294 g/mol. The summed E-state index contributed by atoms with van der Waals surface area (Å²) in [7, 11) is 2.04. The van der Waals surface area contributed by atoms with Crippen LogP contribution in [-0.2, 0) is 0 Å². The maximum atomic E-state index is 13.3. The molecule has 1 saturated heterocycles. The number of halogens is 1. The zero-order valence-electron chi connectivity index (χ0n) is 12.8. The van der Waals surface area contributed by atoms with Gasteiger partial charge in [-0.1, -0.05) is 13.0 Å². The van der Waals surface area contributed by atoms with Crippen molar-refractivity contribution in [3.8, 4) is 0 Å². The zero-order chi connectivity index (χ0) is 15.6. The molecule has 1 aromatic carbocycles. The molecular weight excluding hydrogens is 271 g/mol. The second kappa shape index (κ2) is 6.43. The lowest BCUT2D eigenvalue weighted by Crippen LogP contribution is -2.34. The van der Waals surface area contributed by atoms with Gasteiger partial charge in [0.25, 0.3) is 0 Å². The van der Waals surface area contributed by atoms with Crippen LogP contribution < -0.4 is 0 Å². The second-order valence-electron chi connectivity index (χ2n) is 5.83. The zero-order valence-corrected chi connectivity index (χ0v) is 12.8. The molecule has 0 bridgehead atoms. The minimum Gasteiger partial charge on any atom is -0.465 e. The van der Waals surface area contributed by atoms with Gasteiger partial charge in [0.2, 0.25) is 0 Å². The Morgan fingerprint density at radius 2 is 2.24 bits per heavy atom. The highest BCUT2D eigenvalue weighted by Crippen LogP contribution is 2.39. The number of nitrogens with zero attached hydrogens (tertiary/aromatic N) is 2. The molecular formula is C16H23FN2O2. The summed E-state index contributed by atoms with van der Waals surface area (Å²) in [5.74, 6) is -0.0337. The van der Waals surface area contributed by atoms with E-state index in [4.69, 9.17) is 0 Å². The van der Waals surface area contributed by atoms with Crippen LogP contribution in [0, 0.1) is 18.7 Å². The number of amides is 1. The number of carboxylic acid groups (broad SMARTS) is 1. The Morgan fingerprint density at radius 1 is 1.52 bits per heavy atom. The Labute approximate surface area is 125 Å². The van der Waals surface area contributed by atoms with Gasteiger partial charge in [-0.25, -0.2) is 9.18 Å². The molecule has 2 unspecified atom stereocenters. The minimum absolute atomic E-state index is 0.183. The van der Waals surface area contributed by atoms with Crippen molar-refractivity contribution in [2.24, 2.45) is 5.92 Å². The number of hydrogen-bond donors (Lipinski definition) is 1. The summed E-state index contributed by atoms with van der Waals surface area (Å²) in [5.41, 5.74) is 1.74. The van der Waals surface area contributed by atoms with Gasteiger partial charge in [0.15, 0.2) is 0 Å². The van der Waals surface area contributed by atoms with Gasteiger partial charge in [-0.05, 0) is 56.1 Å². The second-order valence-corrected chi connectivity index (χ2v) is 5.83. The molecule has 5 heteroatoms. The molecule has 4 nitrogen and oxygen atoms in total. The SMILES string of the molecule is CCN(C)CC1CCN(C(=O)O)C1c1ccc(F)cc1C. The summed E-state index contributed by atoms with van der Waals surface area (Å²) < 4.78 is 13.3. The topological polar surface area (TPSA) is 43.8 Å². The first kappa shape index (κ1) is 15.8. The monoisotopic (exact) mass is 294 g/mol. The van der Waals surface area contributed by atoms with Crippen LogP contribution >= 0.6 is 0 Å². The molecule has 116 valence electrons. The van der Waals surface area contributed by atoms with E-state index in [2.05, 4.69) is 11.8 Å². The third kappa shape index (κ3) is 3.35. The van der Waals surface area contributed by atoms with Gasteiger partial charge in [0, 0.05) is 13.1 Å². The normalized spacial score (nSPS) is 22.0. The molecule has 0 spiro atoms. The van der Waals surface area contributed by atoms with E-state index >= 15 is 0 Å². The summed E-state index contributed by atoms with van der Waals surface area (Å²) in [5, 5.41) is 9.44. The van der Waals surface area contributed by atoms with Crippen LogP contribution in [0.5, 0.6) is 0 Å². The van der Waals surface area contributed by atoms with E-state index in [9.17, 15) is 14.3 Å². The van der Waals surface area contributed by atoms with Crippen molar-refractivity contribution < 1.29 is 14.3 Å². The van der Waals surface area contributed by atoms with Gasteiger partial charge in [0.1, 0.15) is 5.82 Å². The Hall–Kier alpha value is -1.62. The molecule has 0 saturated carbocycles. The molecule has 1 N–H and O–H groups in total. The van der Waals surface area contributed by atoms with E-state index < -0.39 is 6.09 Å². The molecule has 2 atom stereocenters. The Kier molecular flexibility index (Phi) is 4.83. The summed E-state index contributed by atoms with van der Waals surface area (Å²) in [6, 6.07) is 4.45. The molecule has 0 aromatic heterocycles. The third-order valence-corrected chi connectivity index (χ3v) is 4.41. The lowest BCUT2D eigenvalue weighted by Gasteiger charge is -2.30. The van der Waals surface area contributed by atoms with Gasteiger partial charge in [-0.2, -0.15) is 0 Å². The van der Waals surface area contributed by atoms with Crippen LogP contribution in [0.25, 0.3) is 0 Å². The van der Waals surface area contributed by atoms with Crippen LogP contribution in [0.4, 0.5) is 9.18 Å². The lowest BCUT2D eigenvalue weighted by molar-refractivity contribution is 0.130. The molecule has 1 amide bonds. The van der Waals surface area contributed by atoms with Crippen molar-refractivity contribution >= 4 is 6.09 Å². The minimum atomic E-state index is -0.898. The van der Waals surface area contributed by atoms with Crippen molar-refractivity contribution in [2.75, 3.05) is 26.7 Å². The summed E-state index contributed by atoms with van der Waals surface area (Å²) in [6.07, 6.45) is -0.0524. The van der Waals surface area contributed by atoms with E-state index in [-0.39, 0.29) is 17.8 Å². The van der Waals surface area contributed by atoms with Crippen LogP contribution in [0.2, 0.25) is 0 Å². The van der Waals surface area contributed by atoms with E-state index in [0.29, 0.717) is 6.54 Å². The smallest absolute Gasteiger partial charge is 0.407 e. The number of rotatable bonds is 4. The number of aryl methyl sites for hydroxylation is 1. The molecule has 0 radical (unpaired) electrons. The first-order valence-electron chi connectivity index (χ1n) is 7.38. The molecule has 1 fully saturated rings. The lowest BCUT2D eigenvalue weighted by atomic mass is 9.90. The van der Waals surface area contributed by atoms with Crippen LogP contribution in [0.15, 0.2) is 18.2 Å². The Bertz CT molecular complexity index is 521. The van der Waals surface area contributed by atoms with E-state index in [1.807, 2.05) is 14.0 Å². The Morgan fingerprint density at radius 3 is 2.81 bits per heavy atom. The maximum Gasteiger partial charge on any atom is 0.407 e. The molecule has 2 rings (SSSR count). The van der Waals surface area contributed by atoms with Crippen molar-refractivity contribution in [3.63, 3.8) is 0 Å². The summed E-state index contributed by atoms with van der Waals surface area (Å²) in [4.78, 5) is 15.2. The summed E-state index contributed by atoms with van der Waals surface area (Å²) >= 11 is 0. The van der Waals surface area contributed by atoms with Crippen LogP contribution in [0.3, 0.4) is 0 Å². The van der Waals surface area contributed by atoms with Gasteiger partial charge >= 0.3 is 6.09 Å². The highest BCUT2D eigenvalue weighted by molar-refractivity contribution is 5.66. The average Bonchev–Trinajstić information content (AvgIpc) is 2.82. The maximum absolute atomic E-state index is 13.3. The summed E-state index contributed by atoms with van der Waals surface area (Å²) in [6.45, 7) is 6.25. The number of benzene rings is 1. The van der Waals surface area contributed by atoms with Crippen molar-refractivity contribution in [2.45, 2.75) is 26.3 Å². The molecule has 0 aliphatic carbocycles. The van der Waals surface area contributed by atoms with Gasteiger partial charge in [0.05, 0.1) is 6.04 Å². The van der Waals surface area contributed by atoms with Gasteiger partial charge < -0.3 is 14.9 Å². The molecule has 1 aliphatic heterocycles. The van der Waals surface area contributed by atoms with Crippen molar-refractivity contribution in [3.05, 3.63) is 35.1 Å². The van der Waals surface area contributed by atoms with E-state index in [1.54, 1.807) is 6.07 Å². The predicted molar refractivity (Wildman–Crippen MR) is 79.9 cm³/mol. The Balaban J connectivity index is 2.33. The van der Waals surface area contributed by atoms with Crippen molar-refractivity contribution in [1.82, 2.24) is 9.80 Å². The number of carbonyl (C=O) groups is 1. The first-order chi connectivity index (χ1) is 9.93. The van der Waals surface area contributed by atoms with Crippen molar-refractivity contribution in [1.29, 1.82) is 0 Å². The standard InChI is InChI=1S/C16H23FN2O2/c1-4-18(3)10-12-7-8-19(16(20)21)15(12)14-6-5-13(17)9-11(14)2/h5-6,9,12,15H,4,7-8,10H2,1-3H3,(H,20,21). The first-order valence-corrected chi connectivity index (χ1v) is 7.38. The fourth-order valence-corrected chi connectivity index (χ4v) is 3.18. The molecule has 21 heavy (non-hydrogen) atoms. The number of hydrogen-bond acceptors (Lipinski definition) is 2. The van der Waals surface area contributed by atoms with Gasteiger partial charge in [-0.15, -0.1) is 0 Å². The largest absolute Gasteiger partial charge is 0.465 e.